The van der Waals surface area contributed by atoms with Crippen molar-refractivity contribution in [1.29, 1.82) is 0 Å². The molecule has 0 radical (unpaired) electrons. The van der Waals surface area contributed by atoms with E-state index in [4.69, 9.17) is 5.73 Å². The Morgan fingerprint density at radius 2 is 2.29 bits per heavy atom. The Bertz CT molecular complexity index is 517. The number of anilines is 1. The molecule has 0 atom stereocenters. The van der Waals surface area contributed by atoms with E-state index in [9.17, 15) is 10.1 Å². The molecule has 0 saturated carbocycles. The summed E-state index contributed by atoms with van der Waals surface area (Å²) in [7, 11) is 0. The molecule has 0 bridgehead atoms. The number of hydrogen-bond donors (Lipinski definition) is 1. The lowest BCUT2D eigenvalue weighted by Gasteiger charge is -1.95. The van der Waals surface area contributed by atoms with Crippen molar-refractivity contribution in [2.24, 2.45) is 0 Å². The Morgan fingerprint density at radius 3 is 2.93 bits per heavy atom. The zero-order valence-corrected chi connectivity index (χ0v) is 7.47. The summed E-state index contributed by atoms with van der Waals surface area (Å²) in [5.41, 5.74) is 6.97. The molecule has 0 aliphatic carbocycles. The van der Waals surface area contributed by atoms with E-state index < -0.39 is 4.92 Å². The maximum atomic E-state index is 10.5. The van der Waals surface area contributed by atoms with Crippen LogP contribution in [0.2, 0.25) is 0 Å². The largest absolute Gasteiger partial charge is 0.383 e. The van der Waals surface area contributed by atoms with E-state index in [0.717, 1.165) is 0 Å². The SMILES string of the molecule is Cc1nc2ccc([N+](=O)[O-])cn2c1N. The fourth-order valence-corrected chi connectivity index (χ4v) is 1.28. The number of pyridine rings is 1. The monoisotopic (exact) mass is 192 g/mol. The highest BCUT2D eigenvalue weighted by atomic mass is 16.6. The van der Waals surface area contributed by atoms with Gasteiger partial charge in [-0.2, -0.15) is 0 Å². The molecule has 2 aromatic heterocycles. The van der Waals surface area contributed by atoms with Gasteiger partial charge < -0.3 is 5.73 Å². The van der Waals surface area contributed by atoms with Crippen LogP contribution in [0.4, 0.5) is 11.5 Å². The van der Waals surface area contributed by atoms with Gasteiger partial charge in [-0.1, -0.05) is 0 Å². The van der Waals surface area contributed by atoms with Crippen molar-refractivity contribution in [3.8, 4) is 0 Å². The van der Waals surface area contributed by atoms with Crippen LogP contribution in [0.5, 0.6) is 0 Å². The third kappa shape index (κ3) is 1.08. The number of fused-ring (bicyclic) bond motifs is 1. The van der Waals surface area contributed by atoms with Crippen molar-refractivity contribution in [3.05, 3.63) is 34.1 Å². The normalized spacial score (nSPS) is 10.6. The highest BCUT2D eigenvalue weighted by molar-refractivity contribution is 5.54. The zero-order chi connectivity index (χ0) is 10.3. The zero-order valence-electron chi connectivity index (χ0n) is 7.47. The average molecular weight is 192 g/mol. The van der Waals surface area contributed by atoms with Crippen LogP contribution in [0.25, 0.3) is 5.65 Å². The van der Waals surface area contributed by atoms with Gasteiger partial charge in [0.05, 0.1) is 16.8 Å². The molecule has 14 heavy (non-hydrogen) atoms. The number of nitrogen functional groups attached to an aromatic ring is 1. The molecule has 6 heteroatoms. The van der Waals surface area contributed by atoms with Crippen LogP contribution in [0.3, 0.4) is 0 Å². The molecule has 0 amide bonds. The quantitative estimate of drug-likeness (QED) is 0.542. The second-order valence-corrected chi connectivity index (χ2v) is 2.96. The molecule has 2 heterocycles. The van der Waals surface area contributed by atoms with E-state index in [0.29, 0.717) is 17.2 Å². The lowest BCUT2D eigenvalue weighted by Crippen LogP contribution is -1.96. The first-order chi connectivity index (χ1) is 6.59. The van der Waals surface area contributed by atoms with Gasteiger partial charge in [0.15, 0.2) is 0 Å². The standard InChI is InChI=1S/C8H8N4O2/c1-5-8(9)11-4-6(12(13)14)2-3-7(11)10-5/h2-4H,9H2,1H3. The molecule has 2 aromatic rings. The number of nitrogens with zero attached hydrogens (tertiary/aromatic N) is 3. The van der Waals surface area contributed by atoms with E-state index >= 15 is 0 Å². The van der Waals surface area contributed by atoms with E-state index in [1.165, 1.54) is 16.7 Å². The maximum Gasteiger partial charge on any atom is 0.286 e. The van der Waals surface area contributed by atoms with Crippen LogP contribution in [-0.2, 0) is 0 Å². The minimum atomic E-state index is -0.464. The number of nitrogens with two attached hydrogens (primary N) is 1. The molecule has 2 N–H and O–H groups in total. The number of hydrogen-bond acceptors (Lipinski definition) is 4. The summed E-state index contributed by atoms with van der Waals surface area (Å²) in [4.78, 5) is 14.2. The second-order valence-electron chi connectivity index (χ2n) is 2.96. The van der Waals surface area contributed by atoms with Crippen molar-refractivity contribution in [1.82, 2.24) is 9.38 Å². The van der Waals surface area contributed by atoms with Crippen LogP contribution in [-0.4, -0.2) is 14.3 Å². The van der Waals surface area contributed by atoms with Gasteiger partial charge in [-0.05, 0) is 13.0 Å². The number of nitro groups is 1. The van der Waals surface area contributed by atoms with E-state index in [2.05, 4.69) is 4.98 Å². The van der Waals surface area contributed by atoms with Gasteiger partial charge in [-0.3, -0.25) is 14.5 Å². The topological polar surface area (TPSA) is 86.5 Å². The van der Waals surface area contributed by atoms with Gasteiger partial charge in [0.25, 0.3) is 5.69 Å². The van der Waals surface area contributed by atoms with E-state index in [1.807, 2.05) is 0 Å². The number of aromatic nitrogens is 2. The van der Waals surface area contributed by atoms with E-state index in [1.54, 1.807) is 13.0 Å². The molecule has 0 saturated heterocycles. The Kier molecular flexibility index (Phi) is 1.63. The fourth-order valence-electron chi connectivity index (χ4n) is 1.28. The van der Waals surface area contributed by atoms with Crippen molar-refractivity contribution in [2.75, 3.05) is 5.73 Å². The summed E-state index contributed by atoms with van der Waals surface area (Å²) in [6.07, 6.45) is 1.37. The second kappa shape index (κ2) is 2.69. The molecular weight excluding hydrogens is 184 g/mol. The third-order valence-electron chi connectivity index (χ3n) is 2.03. The number of aryl methyl sites for hydroxylation is 1. The van der Waals surface area contributed by atoms with Gasteiger partial charge in [-0.15, -0.1) is 0 Å². The fraction of sp³-hybridized carbons (Fsp3) is 0.125. The molecule has 0 unspecified atom stereocenters. The van der Waals surface area contributed by atoms with Gasteiger partial charge in [-0.25, -0.2) is 4.98 Å². The lowest BCUT2D eigenvalue weighted by atomic mass is 10.4. The summed E-state index contributed by atoms with van der Waals surface area (Å²) in [6.45, 7) is 1.76. The molecule has 2 rings (SSSR count). The van der Waals surface area contributed by atoms with Crippen molar-refractivity contribution < 1.29 is 4.92 Å². The first-order valence-corrected chi connectivity index (χ1v) is 3.98. The molecule has 0 aromatic carbocycles. The Labute approximate surface area is 79.1 Å². The molecular formula is C8H8N4O2. The van der Waals surface area contributed by atoms with Gasteiger partial charge in [0.2, 0.25) is 0 Å². The van der Waals surface area contributed by atoms with Gasteiger partial charge in [0.1, 0.15) is 11.5 Å². The van der Waals surface area contributed by atoms with Crippen LogP contribution in [0.15, 0.2) is 18.3 Å². The molecule has 0 fully saturated rings. The molecule has 6 nitrogen and oxygen atoms in total. The Morgan fingerprint density at radius 1 is 1.57 bits per heavy atom. The van der Waals surface area contributed by atoms with Crippen molar-refractivity contribution in [2.45, 2.75) is 6.92 Å². The van der Waals surface area contributed by atoms with Crippen molar-refractivity contribution >= 4 is 17.2 Å². The summed E-state index contributed by atoms with van der Waals surface area (Å²) >= 11 is 0. The van der Waals surface area contributed by atoms with Crippen LogP contribution < -0.4 is 5.73 Å². The van der Waals surface area contributed by atoms with Crippen LogP contribution >= 0.6 is 0 Å². The summed E-state index contributed by atoms with van der Waals surface area (Å²) in [5.74, 6) is 0.434. The smallest absolute Gasteiger partial charge is 0.286 e. The molecule has 0 aliphatic heterocycles. The number of rotatable bonds is 1. The molecule has 0 spiro atoms. The Hall–Kier alpha value is -2.11. The minimum Gasteiger partial charge on any atom is -0.383 e. The highest BCUT2D eigenvalue weighted by Gasteiger charge is 2.10. The molecule has 0 aliphatic rings. The summed E-state index contributed by atoms with van der Waals surface area (Å²) in [5, 5.41) is 10.5. The maximum absolute atomic E-state index is 10.5. The van der Waals surface area contributed by atoms with Gasteiger partial charge >= 0.3 is 0 Å². The average Bonchev–Trinajstić information content (AvgIpc) is 2.43. The van der Waals surface area contributed by atoms with E-state index in [-0.39, 0.29) is 5.69 Å². The lowest BCUT2D eigenvalue weighted by molar-refractivity contribution is -0.385. The number of imidazole rings is 1. The third-order valence-corrected chi connectivity index (χ3v) is 2.03. The first kappa shape index (κ1) is 8.49. The van der Waals surface area contributed by atoms with Gasteiger partial charge in [0, 0.05) is 6.07 Å². The predicted molar refractivity (Wildman–Crippen MR) is 51.0 cm³/mol. The predicted octanol–water partition coefficient (Wildman–Crippen LogP) is 1.13. The summed E-state index contributed by atoms with van der Waals surface area (Å²) < 4.78 is 1.51. The highest BCUT2D eigenvalue weighted by Crippen LogP contribution is 2.18. The van der Waals surface area contributed by atoms with Crippen LogP contribution in [0.1, 0.15) is 5.69 Å². The molecule has 72 valence electrons. The van der Waals surface area contributed by atoms with Crippen molar-refractivity contribution in [3.63, 3.8) is 0 Å². The summed E-state index contributed by atoms with van der Waals surface area (Å²) in [6, 6.07) is 2.97. The minimum absolute atomic E-state index is 0.00148. The Balaban J connectivity index is 2.76. The first-order valence-electron chi connectivity index (χ1n) is 3.98. The van der Waals surface area contributed by atoms with Crippen LogP contribution in [0, 0.1) is 17.0 Å².